The van der Waals surface area contributed by atoms with Crippen molar-refractivity contribution >= 4 is 5.91 Å². The highest BCUT2D eigenvalue weighted by molar-refractivity contribution is 5.76. The molecule has 0 radical (unpaired) electrons. The Bertz CT molecular complexity index is 1440. The molecule has 0 aromatic heterocycles. The zero-order valence-electron chi connectivity index (χ0n) is 56.4. The minimum absolute atomic E-state index is 0.133. The number of aliphatic hydroxyl groups excluding tert-OH is 5. The van der Waals surface area contributed by atoms with Gasteiger partial charge in [-0.3, -0.25) is 4.79 Å². The highest BCUT2D eigenvalue weighted by Gasteiger charge is 2.44. The van der Waals surface area contributed by atoms with Gasteiger partial charge < -0.3 is 40.3 Å². The molecule has 9 nitrogen and oxygen atoms in total. The van der Waals surface area contributed by atoms with Crippen molar-refractivity contribution in [1.82, 2.24) is 5.32 Å². The molecule has 1 fully saturated rings. The van der Waals surface area contributed by atoms with Gasteiger partial charge in [0.1, 0.15) is 24.4 Å². The van der Waals surface area contributed by atoms with Crippen molar-refractivity contribution in [3.63, 3.8) is 0 Å². The predicted octanol–water partition coefficient (Wildman–Crippen LogP) is 21.0. The van der Waals surface area contributed by atoms with Gasteiger partial charge in [-0.25, -0.2) is 0 Å². The van der Waals surface area contributed by atoms with E-state index < -0.39 is 49.5 Å². The number of amides is 1. The zero-order valence-corrected chi connectivity index (χ0v) is 56.4. The van der Waals surface area contributed by atoms with Crippen LogP contribution in [0.2, 0.25) is 0 Å². The van der Waals surface area contributed by atoms with E-state index in [0.29, 0.717) is 12.8 Å². The maximum Gasteiger partial charge on any atom is 0.220 e. The molecule has 7 unspecified atom stereocenters. The molecule has 1 saturated heterocycles. The Morgan fingerprint density at radius 3 is 1.02 bits per heavy atom. The van der Waals surface area contributed by atoms with Crippen molar-refractivity contribution in [1.29, 1.82) is 0 Å². The number of carbonyl (C=O) groups excluding carboxylic acids is 1. The van der Waals surface area contributed by atoms with E-state index in [4.69, 9.17) is 9.47 Å². The molecule has 0 aliphatic carbocycles. The number of carbonyl (C=O) groups is 1. The van der Waals surface area contributed by atoms with Crippen molar-refractivity contribution in [2.24, 2.45) is 0 Å². The van der Waals surface area contributed by atoms with Crippen LogP contribution < -0.4 is 5.32 Å². The summed E-state index contributed by atoms with van der Waals surface area (Å²) in [7, 11) is 0. The number of rotatable bonds is 67. The van der Waals surface area contributed by atoms with Crippen LogP contribution in [0.4, 0.5) is 0 Å². The van der Waals surface area contributed by atoms with E-state index in [1.54, 1.807) is 0 Å². The minimum Gasteiger partial charge on any atom is -0.394 e. The molecule has 0 spiro atoms. The maximum atomic E-state index is 13.2. The van der Waals surface area contributed by atoms with Crippen LogP contribution in [0.1, 0.15) is 386 Å². The van der Waals surface area contributed by atoms with Crippen LogP contribution in [0.5, 0.6) is 0 Å². The molecule has 1 aliphatic rings. The standard InChI is InChI=1S/C76H145NO8/c1-3-5-7-9-11-13-15-17-19-21-23-25-27-29-31-32-33-34-35-36-37-38-40-42-44-46-48-50-52-54-56-58-60-62-64-66-72(80)77-69(68-84-76-75(83)74(82)73(81)71(67-78)85-76)70(79)65-63-61-59-57-55-53-51-49-47-45-43-41-39-30-28-26-24-22-20-18-16-14-12-10-8-6-4-2/h15,17,21,23,27,29,69-71,73-76,78-79,81-83H,3-14,16,18-20,22,24-26,28,30-68H2,1-2H3,(H,77,80)/b17-15-,23-21-,29-27-. The summed E-state index contributed by atoms with van der Waals surface area (Å²) in [5, 5.41) is 55.0. The van der Waals surface area contributed by atoms with Crippen LogP contribution in [0.25, 0.3) is 0 Å². The molecule has 1 amide bonds. The second-order valence-electron chi connectivity index (χ2n) is 26.5. The molecule has 0 bridgehead atoms. The molecule has 1 heterocycles. The molecule has 9 heteroatoms. The Labute approximate surface area is 527 Å². The minimum atomic E-state index is -1.55. The summed E-state index contributed by atoms with van der Waals surface area (Å²) in [4.78, 5) is 13.2. The van der Waals surface area contributed by atoms with E-state index in [2.05, 4.69) is 55.6 Å². The zero-order chi connectivity index (χ0) is 61.4. The van der Waals surface area contributed by atoms with Gasteiger partial charge in [0.15, 0.2) is 6.29 Å². The summed E-state index contributed by atoms with van der Waals surface area (Å²) >= 11 is 0. The number of unbranched alkanes of at least 4 members (excludes halogenated alkanes) is 51. The van der Waals surface area contributed by atoms with E-state index in [9.17, 15) is 30.3 Å². The summed E-state index contributed by atoms with van der Waals surface area (Å²) in [6, 6.07) is -0.719. The monoisotopic (exact) mass is 1200 g/mol. The first kappa shape index (κ1) is 81.4. The van der Waals surface area contributed by atoms with Gasteiger partial charge in [-0.15, -0.1) is 0 Å². The fourth-order valence-electron chi connectivity index (χ4n) is 12.4. The van der Waals surface area contributed by atoms with E-state index in [1.165, 1.54) is 308 Å². The van der Waals surface area contributed by atoms with Crippen molar-refractivity contribution < 1.29 is 39.8 Å². The third kappa shape index (κ3) is 53.9. The van der Waals surface area contributed by atoms with Gasteiger partial charge in [0.2, 0.25) is 5.91 Å². The third-order valence-corrected chi connectivity index (χ3v) is 18.2. The van der Waals surface area contributed by atoms with Crippen molar-refractivity contribution in [2.45, 2.75) is 429 Å². The Balaban J connectivity index is 2.07. The van der Waals surface area contributed by atoms with Gasteiger partial charge in [0.25, 0.3) is 0 Å². The molecule has 0 aromatic rings. The van der Waals surface area contributed by atoms with Crippen molar-refractivity contribution in [2.75, 3.05) is 13.2 Å². The van der Waals surface area contributed by atoms with Crippen LogP contribution in [-0.2, 0) is 14.3 Å². The average molecular weight is 1200 g/mol. The molecule has 1 rings (SSSR count). The molecule has 6 N–H and O–H groups in total. The van der Waals surface area contributed by atoms with Gasteiger partial charge in [-0.05, 0) is 51.4 Å². The van der Waals surface area contributed by atoms with Crippen LogP contribution in [-0.4, -0.2) is 87.5 Å². The van der Waals surface area contributed by atoms with Gasteiger partial charge in [0, 0.05) is 6.42 Å². The van der Waals surface area contributed by atoms with E-state index in [0.717, 1.165) is 51.4 Å². The maximum absolute atomic E-state index is 13.2. The highest BCUT2D eigenvalue weighted by Crippen LogP contribution is 2.24. The number of hydrogen-bond acceptors (Lipinski definition) is 8. The summed E-state index contributed by atoms with van der Waals surface area (Å²) in [6.07, 6.45) is 80.9. The normalized spacial score (nSPS) is 18.2. The first-order valence-corrected chi connectivity index (χ1v) is 37.7. The Hall–Kier alpha value is -1.59. The largest absolute Gasteiger partial charge is 0.394 e. The first-order chi connectivity index (χ1) is 41.8. The molecule has 1 aliphatic heterocycles. The number of hydrogen-bond donors (Lipinski definition) is 6. The summed E-state index contributed by atoms with van der Waals surface area (Å²) in [5.74, 6) is -0.136. The predicted molar refractivity (Wildman–Crippen MR) is 364 cm³/mol. The lowest BCUT2D eigenvalue weighted by Crippen LogP contribution is -2.60. The summed E-state index contributed by atoms with van der Waals surface area (Å²) in [5.41, 5.74) is 0. The lowest BCUT2D eigenvalue weighted by atomic mass is 9.99. The van der Waals surface area contributed by atoms with Gasteiger partial charge in [0.05, 0.1) is 25.4 Å². The molecule has 7 atom stereocenters. The van der Waals surface area contributed by atoms with E-state index in [-0.39, 0.29) is 12.5 Å². The number of ether oxygens (including phenoxy) is 2. The van der Waals surface area contributed by atoms with E-state index >= 15 is 0 Å². The molecule has 0 saturated carbocycles. The Kier molecular flexibility index (Phi) is 62.6. The summed E-state index contributed by atoms with van der Waals surface area (Å²) in [6.45, 7) is 3.89. The van der Waals surface area contributed by atoms with Crippen molar-refractivity contribution in [3.05, 3.63) is 36.5 Å². The second-order valence-corrected chi connectivity index (χ2v) is 26.5. The van der Waals surface area contributed by atoms with Crippen LogP contribution in [0, 0.1) is 0 Å². The van der Waals surface area contributed by atoms with Crippen LogP contribution in [0.3, 0.4) is 0 Å². The molecular formula is C76H145NO8. The molecular weight excluding hydrogens is 1050 g/mol. The SMILES string of the molecule is CCCCCCC/C=C\C/C=C\C/C=C\CCCCCCCCCCCCCCCCCCCCCCC(=O)NC(COC1OC(CO)C(O)C(O)C1O)C(O)CCCCCCCCCCCCCCCCCCCCCCCCCCCCC. The molecule has 502 valence electrons. The fourth-order valence-corrected chi connectivity index (χ4v) is 12.4. The molecule has 0 aromatic carbocycles. The number of nitrogens with one attached hydrogen (secondary N) is 1. The van der Waals surface area contributed by atoms with E-state index in [1.807, 2.05) is 0 Å². The second kappa shape index (κ2) is 65.4. The van der Waals surface area contributed by atoms with Gasteiger partial charge >= 0.3 is 0 Å². The third-order valence-electron chi connectivity index (χ3n) is 18.2. The summed E-state index contributed by atoms with van der Waals surface area (Å²) < 4.78 is 11.4. The lowest BCUT2D eigenvalue weighted by molar-refractivity contribution is -0.302. The van der Waals surface area contributed by atoms with Crippen LogP contribution >= 0.6 is 0 Å². The topological polar surface area (TPSA) is 149 Å². The van der Waals surface area contributed by atoms with Gasteiger partial charge in [-0.2, -0.15) is 0 Å². The Morgan fingerprint density at radius 2 is 0.694 bits per heavy atom. The fraction of sp³-hybridized carbons (Fsp3) is 0.908. The average Bonchev–Trinajstić information content (AvgIpc) is 3.71. The Morgan fingerprint density at radius 1 is 0.400 bits per heavy atom. The highest BCUT2D eigenvalue weighted by atomic mass is 16.7. The van der Waals surface area contributed by atoms with Gasteiger partial charge in [-0.1, -0.05) is 365 Å². The van der Waals surface area contributed by atoms with Crippen LogP contribution in [0.15, 0.2) is 36.5 Å². The first-order valence-electron chi connectivity index (χ1n) is 37.7. The molecule has 85 heavy (non-hydrogen) atoms. The van der Waals surface area contributed by atoms with Crippen molar-refractivity contribution in [3.8, 4) is 0 Å². The smallest absolute Gasteiger partial charge is 0.220 e. The number of aliphatic hydroxyl groups is 5. The quantitative estimate of drug-likeness (QED) is 0.0261. The number of allylic oxidation sites excluding steroid dienone is 6. The lowest BCUT2D eigenvalue weighted by Gasteiger charge is -2.40.